The maximum atomic E-state index is 10.8. The first-order chi connectivity index (χ1) is 9.56. The summed E-state index contributed by atoms with van der Waals surface area (Å²) in [6.45, 7) is 1.98. The number of nitrogens with zero attached hydrogens (tertiary/aromatic N) is 3. The standard InChI is InChI=1S/C13H8ClN3O2S/c1-7-5-20-6-10(7)13-15-11-3-2-8(17(18)19)4-9(11)12(14)16-13/h2-6H,1H3. The van der Waals surface area contributed by atoms with E-state index in [1.165, 1.54) is 12.1 Å². The van der Waals surface area contributed by atoms with Crippen LogP contribution in [0.1, 0.15) is 5.56 Å². The molecule has 0 aliphatic heterocycles. The molecule has 2 heterocycles. The van der Waals surface area contributed by atoms with Crippen LogP contribution in [0.25, 0.3) is 22.3 Å². The van der Waals surface area contributed by atoms with E-state index in [9.17, 15) is 10.1 Å². The average Bonchev–Trinajstić information content (AvgIpc) is 2.84. The first-order valence-corrected chi connectivity index (χ1v) is 7.03. The summed E-state index contributed by atoms with van der Waals surface area (Å²) >= 11 is 7.70. The average molecular weight is 306 g/mol. The number of halogens is 1. The van der Waals surface area contributed by atoms with Gasteiger partial charge in [-0.15, -0.1) is 0 Å². The maximum Gasteiger partial charge on any atom is 0.270 e. The fourth-order valence-electron chi connectivity index (χ4n) is 1.90. The van der Waals surface area contributed by atoms with Crippen molar-refractivity contribution in [1.82, 2.24) is 9.97 Å². The van der Waals surface area contributed by atoms with Crippen molar-refractivity contribution < 1.29 is 4.92 Å². The molecular formula is C13H8ClN3O2S. The largest absolute Gasteiger partial charge is 0.270 e. The van der Waals surface area contributed by atoms with Gasteiger partial charge in [0.1, 0.15) is 5.15 Å². The van der Waals surface area contributed by atoms with Crippen molar-refractivity contribution in [2.75, 3.05) is 0 Å². The van der Waals surface area contributed by atoms with E-state index in [1.54, 1.807) is 17.4 Å². The Morgan fingerprint density at radius 2 is 2.10 bits per heavy atom. The lowest BCUT2D eigenvalue weighted by Crippen LogP contribution is -1.94. The van der Waals surface area contributed by atoms with Gasteiger partial charge in [0, 0.05) is 28.5 Å². The summed E-state index contributed by atoms with van der Waals surface area (Å²) < 4.78 is 0. The van der Waals surface area contributed by atoms with Crippen LogP contribution in [-0.4, -0.2) is 14.9 Å². The topological polar surface area (TPSA) is 68.9 Å². The van der Waals surface area contributed by atoms with Gasteiger partial charge in [0.05, 0.1) is 10.4 Å². The van der Waals surface area contributed by atoms with Crippen molar-refractivity contribution in [2.24, 2.45) is 0 Å². The van der Waals surface area contributed by atoms with E-state index in [1.807, 2.05) is 17.7 Å². The van der Waals surface area contributed by atoms with Crippen LogP contribution in [0.2, 0.25) is 5.15 Å². The SMILES string of the molecule is Cc1cscc1-c1nc(Cl)c2cc([N+](=O)[O-])ccc2n1. The van der Waals surface area contributed by atoms with Gasteiger partial charge in [-0.05, 0) is 23.9 Å². The van der Waals surface area contributed by atoms with E-state index in [-0.39, 0.29) is 10.8 Å². The van der Waals surface area contributed by atoms with Crippen LogP contribution in [0.4, 0.5) is 5.69 Å². The van der Waals surface area contributed by atoms with E-state index in [2.05, 4.69) is 9.97 Å². The molecule has 5 nitrogen and oxygen atoms in total. The van der Waals surface area contributed by atoms with E-state index < -0.39 is 4.92 Å². The zero-order valence-electron chi connectivity index (χ0n) is 10.3. The van der Waals surface area contributed by atoms with E-state index in [4.69, 9.17) is 11.6 Å². The molecule has 7 heteroatoms. The summed E-state index contributed by atoms with van der Waals surface area (Å²) in [7, 11) is 0. The Labute approximate surface area is 123 Å². The lowest BCUT2D eigenvalue weighted by Gasteiger charge is -2.04. The highest BCUT2D eigenvalue weighted by atomic mass is 35.5. The predicted molar refractivity (Wildman–Crippen MR) is 79.3 cm³/mol. The lowest BCUT2D eigenvalue weighted by atomic mass is 10.2. The number of nitro groups is 1. The molecule has 0 saturated carbocycles. The van der Waals surface area contributed by atoms with Gasteiger partial charge in [-0.2, -0.15) is 11.3 Å². The molecule has 0 aliphatic carbocycles. The number of hydrogen-bond donors (Lipinski definition) is 0. The Morgan fingerprint density at radius 3 is 2.75 bits per heavy atom. The molecule has 100 valence electrons. The molecule has 0 amide bonds. The van der Waals surface area contributed by atoms with Gasteiger partial charge in [-0.25, -0.2) is 9.97 Å². The number of aromatic nitrogens is 2. The fraction of sp³-hybridized carbons (Fsp3) is 0.0769. The third-order valence-electron chi connectivity index (χ3n) is 2.94. The van der Waals surface area contributed by atoms with Crippen LogP contribution in [-0.2, 0) is 0 Å². The van der Waals surface area contributed by atoms with Gasteiger partial charge >= 0.3 is 0 Å². The number of non-ortho nitro benzene ring substituents is 1. The number of rotatable bonds is 2. The van der Waals surface area contributed by atoms with Crippen molar-refractivity contribution in [3.05, 3.63) is 49.8 Å². The van der Waals surface area contributed by atoms with Crippen molar-refractivity contribution >= 4 is 39.5 Å². The molecule has 0 aliphatic rings. The Bertz CT molecular complexity index is 832. The predicted octanol–water partition coefficient (Wildman–Crippen LogP) is 4.23. The van der Waals surface area contributed by atoms with E-state index in [0.717, 1.165) is 11.1 Å². The number of aryl methyl sites for hydroxylation is 1. The number of thiophene rings is 1. The van der Waals surface area contributed by atoms with Gasteiger partial charge in [0.2, 0.25) is 0 Å². The smallest absolute Gasteiger partial charge is 0.258 e. The molecule has 3 rings (SSSR count). The van der Waals surface area contributed by atoms with Crippen LogP contribution in [0.15, 0.2) is 29.0 Å². The molecule has 1 aromatic carbocycles. The minimum atomic E-state index is -0.466. The van der Waals surface area contributed by atoms with Crippen molar-refractivity contribution in [3.63, 3.8) is 0 Å². The first-order valence-electron chi connectivity index (χ1n) is 5.71. The maximum absolute atomic E-state index is 10.8. The zero-order chi connectivity index (χ0) is 14.3. The highest BCUT2D eigenvalue weighted by Gasteiger charge is 2.13. The Hall–Kier alpha value is -2.05. The molecule has 0 radical (unpaired) electrons. The first kappa shape index (κ1) is 13.0. The molecule has 2 aromatic heterocycles. The Morgan fingerprint density at radius 1 is 1.30 bits per heavy atom. The molecule has 0 fully saturated rings. The number of hydrogen-bond acceptors (Lipinski definition) is 5. The van der Waals surface area contributed by atoms with Gasteiger partial charge < -0.3 is 0 Å². The second-order valence-corrected chi connectivity index (χ2v) is 5.37. The lowest BCUT2D eigenvalue weighted by molar-refractivity contribution is -0.384. The minimum absolute atomic E-state index is 0.0255. The Balaban J connectivity index is 2.23. The Kier molecular flexibility index (Phi) is 3.11. The van der Waals surface area contributed by atoms with Crippen LogP contribution in [0, 0.1) is 17.0 Å². The third kappa shape index (κ3) is 2.13. The summed E-state index contributed by atoms with van der Waals surface area (Å²) in [6.07, 6.45) is 0. The van der Waals surface area contributed by atoms with Crippen molar-refractivity contribution in [1.29, 1.82) is 0 Å². The second kappa shape index (κ2) is 4.81. The quantitative estimate of drug-likeness (QED) is 0.403. The summed E-state index contributed by atoms with van der Waals surface area (Å²) in [4.78, 5) is 19.0. The molecular weight excluding hydrogens is 298 g/mol. The molecule has 0 spiro atoms. The third-order valence-corrected chi connectivity index (χ3v) is 4.09. The molecule has 0 N–H and O–H groups in total. The van der Waals surface area contributed by atoms with Crippen LogP contribution >= 0.6 is 22.9 Å². The number of nitro benzene ring substituents is 1. The highest BCUT2D eigenvalue weighted by Crippen LogP contribution is 2.30. The molecule has 0 unspecified atom stereocenters. The molecule has 0 atom stereocenters. The number of benzene rings is 1. The van der Waals surface area contributed by atoms with Crippen LogP contribution in [0.5, 0.6) is 0 Å². The van der Waals surface area contributed by atoms with E-state index in [0.29, 0.717) is 16.7 Å². The summed E-state index contributed by atoms with van der Waals surface area (Å²) in [6, 6.07) is 4.39. The summed E-state index contributed by atoms with van der Waals surface area (Å²) in [5.74, 6) is 0.537. The highest BCUT2D eigenvalue weighted by molar-refractivity contribution is 7.08. The summed E-state index contributed by atoms with van der Waals surface area (Å²) in [5, 5.41) is 15.4. The minimum Gasteiger partial charge on any atom is -0.258 e. The van der Waals surface area contributed by atoms with Gasteiger partial charge in [-0.1, -0.05) is 11.6 Å². The van der Waals surface area contributed by atoms with Gasteiger partial charge in [-0.3, -0.25) is 10.1 Å². The molecule has 0 saturated heterocycles. The summed E-state index contributed by atoms with van der Waals surface area (Å²) in [5.41, 5.74) is 2.57. The molecule has 3 aromatic rings. The van der Waals surface area contributed by atoms with Gasteiger partial charge in [0.15, 0.2) is 5.82 Å². The fourth-order valence-corrected chi connectivity index (χ4v) is 2.96. The van der Waals surface area contributed by atoms with Crippen molar-refractivity contribution in [3.8, 4) is 11.4 Å². The van der Waals surface area contributed by atoms with Crippen LogP contribution < -0.4 is 0 Å². The van der Waals surface area contributed by atoms with Crippen LogP contribution in [0.3, 0.4) is 0 Å². The molecule has 20 heavy (non-hydrogen) atoms. The zero-order valence-corrected chi connectivity index (χ0v) is 11.9. The van der Waals surface area contributed by atoms with Crippen molar-refractivity contribution in [2.45, 2.75) is 6.92 Å². The number of fused-ring (bicyclic) bond motifs is 1. The van der Waals surface area contributed by atoms with E-state index >= 15 is 0 Å². The second-order valence-electron chi connectivity index (χ2n) is 4.27. The normalized spacial score (nSPS) is 10.9. The monoisotopic (exact) mass is 305 g/mol. The van der Waals surface area contributed by atoms with Gasteiger partial charge in [0.25, 0.3) is 5.69 Å². The molecule has 0 bridgehead atoms.